The molecule has 3 nitrogen and oxygen atoms in total. The van der Waals surface area contributed by atoms with Gasteiger partial charge in [-0.05, 0) is 30.2 Å². The largest absolute Gasteiger partial charge is 0.301 e. The number of benzene rings is 1. The lowest BCUT2D eigenvalue weighted by Gasteiger charge is -2.05. The highest BCUT2D eigenvalue weighted by molar-refractivity contribution is 7.98. The van der Waals surface area contributed by atoms with Gasteiger partial charge in [-0.25, -0.2) is 4.98 Å². The summed E-state index contributed by atoms with van der Waals surface area (Å²) in [5, 5.41) is 1.91. The van der Waals surface area contributed by atoms with Crippen molar-refractivity contribution in [2.24, 2.45) is 0 Å². The van der Waals surface area contributed by atoms with Crippen molar-refractivity contribution in [2.45, 2.75) is 30.7 Å². The number of rotatable bonds is 5. The van der Waals surface area contributed by atoms with Gasteiger partial charge in [-0.1, -0.05) is 48.3 Å². The number of aromatic nitrogens is 2. The van der Waals surface area contributed by atoms with Crippen LogP contribution in [0.5, 0.6) is 0 Å². The van der Waals surface area contributed by atoms with Crippen LogP contribution in [0.25, 0.3) is 0 Å². The Hall–Kier alpha value is -0.970. The van der Waals surface area contributed by atoms with Gasteiger partial charge in [0.05, 0.1) is 0 Å². The summed E-state index contributed by atoms with van der Waals surface area (Å²) in [6.07, 6.45) is 1.76. The highest BCUT2D eigenvalue weighted by atomic mass is 35.5. The van der Waals surface area contributed by atoms with Gasteiger partial charge in [0.25, 0.3) is 5.56 Å². The van der Waals surface area contributed by atoms with Gasteiger partial charge in [0.15, 0.2) is 5.16 Å². The van der Waals surface area contributed by atoms with E-state index in [-0.39, 0.29) is 5.56 Å². The highest BCUT2D eigenvalue weighted by Crippen LogP contribution is 2.26. The summed E-state index contributed by atoms with van der Waals surface area (Å²) in [5.41, 5.74) is 1.62. The molecule has 1 aromatic heterocycles. The van der Waals surface area contributed by atoms with Crippen LogP contribution >= 0.6 is 35.0 Å². The molecule has 2 aromatic rings. The number of halogens is 2. The van der Waals surface area contributed by atoms with E-state index in [0.29, 0.717) is 21.0 Å². The van der Waals surface area contributed by atoms with Gasteiger partial charge in [0.1, 0.15) is 0 Å². The quantitative estimate of drug-likeness (QED) is 0.656. The third kappa shape index (κ3) is 4.27. The average molecular weight is 329 g/mol. The third-order valence-corrected chi connectivity index (χ3v) is 4.18. The zero-order valence-electron chi connectivity index (χ0n) is 11.0. The van der Waals surface area contributed by atoms with Gasteiger partial charge < -0.3 is 4.98 Å². The first kappa shape index (κ1) is 15.4. The minimum Gasteiger partial charge on any atom is -0.301 e. The van der Waals surface area contributed by atoms with Crippen molar-refractivity contribution < 1.29 is 0 Å². The zero-order valence-corrected chi connectivity index (χ0v) is 13.3. The molecule has 0 spiro atoms. The fraction of sp³-hybridized carbons (Fsp3) is 0.286. The lowest BCUT2D eigenvalue weighted by molar-refractivity contribution is 0.816. The smallest absolute Gasteiger partial charge is 0.251 e. The molecule has 0 amide bonds. The van der Waals surface area contributed by atoms with Crippen molar-refractivity contribution in [2.75, 3.05) is 0 Å². The lowest BCUT2D eigenvalue weighted by Crippen LogP contribution is -2.09. The second-order valence-electron chi connectivity index (χ2n) is 4.32. The van der Waals surface area contributed by atoms with Crippen LogP contribution in [0.15, 0.2) is 34.2 Å². The SMILES string of the molecule is CCCc1cc(=O)[nH]c(SCc2cc(Cl)ccc2Cl)n1. The van der Waals surface area contributed by atoms with Gasteiger partial charge in [0, 0.05) is 27.6 Å². The molecule has 0 fully saturated rings. The molecule has 0 aliphatic heterocycles. The lowest BCUT2D eigenvalue weighted by atomic mass is 10.2. The third-order valence-electron chi connectivity index (χ3n) is 2.65. The van der Waals surface area contributed by atoms with Crippen LogP contribution in [0.4, 0.5) is 0 Å². The number of thioether (sulfide) groups is 1. The molecule has 0 aliphatic carbocycles. The Morgan fingerprint density at radius 2 is 2.10 bits per heavy atom. The summed E-state index contributed by atoms with van der Waals surface area (Å²) in [7, 11) is 0. The monoisotopic (exact) mass is 328 g/mol. The molecule has 0 bridgehead atoms. The van der Waals surface area contributed by atoms with E-state index >= 15 is 0 Å². The highest BCUT2D eigenvalue weighted by Gasteiger charge is 2.06. The Kier molecular flexibility index (Phi) is 5.52. The Balaban J connectivity index is 2.14. The molecule has 20 heavy (non-hydrogen) atoms. The van der Waals surface area contributed by atoms with Crippen LogP contribution in [-0.2, 0) is 12.2 Å². The molecular weight excluding hydrogens is 315 g/mol. The van der Waals surface area contributed by atoms with Crippen molar-refractivity contribution in [3.8, 4) is 0 Å². The van der Waals surface area contributed by atoms with Gasteiger partial charge in [-0.3, -0.25) is 4.79 Å². The van der Waals surface area contributed by atoms with E-state index in [2.05, 4.69) is 16.9 Å². The van der Waals surface area contributed by atoms with E-state index in [9.17, 15) is 4.79 Å². The molecule has 0 saturated carbocycles. The number of aryl methyl sites for hydroxylation is 1. The van der Waals surface area contributed by atoms with Crippen LogP contribution in [-0.4, -0.2) is 9.97 Å². The minimum atomic E-state index is -0.122. The van der Waals surface area contributed by atoms with Crippen molar-refractivity contribution >= 4 is 35.0 Å². The molecule has 1 aromatic carbocycles. The first-order valence-corrected chi connectivity index (χ1v) is 7.99. The van der Waals surface area contributed by atoms with Crippen LogP contribution in [0.3, 0.4) is 0 Å². The fourth-order valence-corrected chi connectivity index (χ4v) is 3.08. The predicted molar refractivity (Wildman–Crippen MR) is 84.9 cm³/mol. The normalized spacial score (nSPS) is 10.8. The van der Waals surface area contributed by atoms with E-state index in [1.807, 2.05) is 6.07 Å². The summed E-state index contributed by atoms with van der Waals surface area (Å²) >= 11 is 13.5. The Morgan fingerprint density at radius 1 is 1.30 bits per heavy atom. The first-order valence-electron chi connectivity index (χ1n) is 6.25. The maximum absolute atomic E-state index is 11.6. The average Bonchev–Trinajstić information content (AvgIpc) is 2.40. The molecule has 0 unspecified atom stereocenters. The van der Waals surface area contributed by atoms with Crippen molar-refractivity contribution in [3.63, 3.8) is 0 Å². The van der Waals surface area contributed by atoms with E-state index in [1.165, 1.54) is 11.8 Å². The number of nitrogens with zero attached hydrogens (tertiary/aromatic N) is 1. The van der Waals surface area contributed by atoms with E-state index in [4.69, 9.17) is 23.2 Å². The number of H-pyrrole nitrogens is 1. The molecule has 0 radical (unpaired) electrons. The number of hydrogen-bond acceptors (Lipinski definition) is 3. The molecule has 6 heteroatoms. The second-order valence-corrected chi connectivity index (χ2v) is 6.12. The van der Waals surface area contributed by atoms with Crippen molar-refractivity contribution in [3.05, 3.63) is 55.9 Å². The van der Waals surface area contributed by atoms with E-state index in [1.54, 1.807) is 18.2 Å². The van der Waals surface area contributed by atoms with Gasteiger partial charge >= 0.3 is 0 Å². The number of aromatic amines is 1. The van der Waals surface area contributed by atoms with Crippen LogP contribution in [0, 0.1) is 0 Å². The van der Waals surface area contributed by atoms with Gasteiger partial charge in [-0.15, -0.1) is 0 Å². The summed E-state index contributed by atoms with van der Waals surface area (Å²) in [6.45, 7) is 2.06. The molecule has 0 saturated heterocycles. The topological polar surface area (TPSA) is 45.8 Å². The standard InChI is InChI=1S/C14H14Cl2N2OS/c1-2-3-11-7-13(19)18-14(17-11)20-8-9-6-10(15)4-5-12(9)16/h4-7H,2-3,8H2,1H3,(H,17,18,19). The van der Waals surface area contributed by atoms with Crippen LogP contribution in [0.1, 0.15) is 24.6 Å². The van der Waals surface area contributed by atoms with Crippen LogP contribution < -0.4 is 5.56 Å². The number of hydrogen-bond donors (Lipinski definition) is 1. The molecule has 1 N–H and O–H groups in total. The molecule has 2 rings (SSSR count). The second kappa shape index (κ2) is 7.16. The minimum absolute atomic E-state index is 0.122. The van der Waals surface area contributed by atoms with Gasteiger partial charge in [-0.2, -0.15) is 0 Å². The molecule has 0 aliphatic rings. The van der Waals surface area contributed by atoms with Crippen LogP contribution in [0.2, 0.25) is 10.0 Å². The Morgan fingerprint density at radius 3 is 2.85 bits per heavy atom. The summed E-state index contributed by atoms with van der Waals surface area (Å²) < 4.78 is 0. The fourth-order valence-electron chi connectivity index (χ4n) is 1.74. The maximum atomic E-state index is 11.6. The Bertz CT molecular complexity index is 658. The molecular formula is C14H14Cl2N2OS. The van der Waals surface area contributed by atoms with Crippen molar-refractivity contribution in [1.82, 2.24) is 9.97 Å². The van der Waals surface area contributed by atoms with E-state index in [0.717, 1.165) is 24.1 Å². The van der Waals surface area contributed by atoms with Crippen molar-refractivity contribution in [1.29, 1.82) is 0 Å². The number of nitrogens with one attached hydrogen (secondary N) is 1. The maximum Gasteiger partial charge on any atom is 0.251 e. The summed E-state index contributed by atoms with van der Waals surface area (Å²) in [4.78, 5) is 18.7. The predicted octanol–water partition coefficient (Wildman–Crippen LogP) is 4.32. The molecule has 1 heterocycles. The van der Waals surface area contributed by atoms with Gasteiger partial charge in [0.2, 0.25) is 0 Å². The first-order chi connectivity index (χ1) is 9.58. The summed E-state index contributed by atoms with van der Waals surface area (Å²) in [6, 6.07) is 6.88. The summed E-state index contributed by atoms with van der Waals surface area (Å²) in [5.74, 6) is 0.609. The molecule has 0 atom stereocenters. The van der Waals surface area contributed by atoms with E-state index < -0.39 is 0 Å². The Labute approximate surface area is 131 Å². The molecule has 106 valence electrons. The zero-order chi connectivity index (χ0) is 14.5.